The van der Waals surface area contributed by atoms with Crippen LogP contribution in [0.2, 0.25) is 5.02 Å². The maximum atomic E-state index is 15.1. The summed E-state index contributed by atoms with van der Waals surface area (Å²) in [6, 6.07) is 11.2. The Balaban J connectivity index is 1.24. The second-order valence-electron chi connectivity index (χ2n) is 9.66. The van der Waals surface area contributed by atoms with Gasteiger partial charge in [0.15, 0.2) is 5.82 Å². The van der Waals surface area contributed by atoms with Gasteiger partial charge in [-0.15, -0.1) is 10.2 Å². The molecular formula is C28H27ClFN5O5S2. The second-order valence-corrected chi connectivity index (χ2v) is 13.1. The number of hydrogen-bond donors (Lipinski definition) is 1. The minimum absolute atomic E-state index is 0.0435. The van der Waals surface area contributed by atoms with E-state index in [1.165, 1.54) is 29.7 Å². The summed E-state index contributed by atoms with van der Waals surface area (Å²) in [4.78, 5) is 17.7. The smallest absolute Gasteiger partial charge is 0.259 e. The zero-order valence-corrected chi connectivity index (χ0v) is 25.3. The molecule has 42 heavy (non-hydrogen) atoms. The fourth-order valence-electron chi connectivity index (χ4n) is 4.53. The molecule has 0 spiro atoms. The zero-order valence-electron chi connectivity index (χ0n) is 22.9. The number of carbonyl (C=O) groups excluding carboxylic acids is 1. The molecule has 1 amide bonds. The first-order valence-electron chi connectivity index (χ1n) is 12.9. The van der Waals surface area contributed by atoms with Gasteiger partial charge in [-0.3, -0.25) is 15.1 Å². The minimum Gasteiger partial charge on any atom is -0.496 e. The summed E-state index contributed by atoms with van der Waals surface area (Å²) < 4.78 is 53.7. The Morgan fingerprint density at radius 1 is 1.19 bits per heavy atom. The summed E-state index contributed by atoms with van der Waals surface area (Å²) in [5, 5.41) is 11.4. The van der Waals surface area contributed by atoms with Crippen molar-refractivity contribution in [2.45, 2.75) is 37.9 Å². The summed E-state index contributed by atoms with van der Waals surface area (Å²) >= 11 is 7.14. The number of ether oxygens (including phenoxy) is 2. The van der Waals surface area contributed by atoms with Gasteiger partial charge < -0.3 is 9.47 Å². The fraction of sp³-hybridized carbons (Fsp3) is 0.286. The van der Waals surface area contributed by atoms with Crippen molar-refractivity contribution in [1.29, 1.82) is 0 Å². The van der Waals surface area contributed by atoms with Crippen LogP contribution in [-0.4, -0.2) is 60.1 Å². The van der Waals surface area contributed by atoms with Gasteiger partial charge in [0.2, 0.25) is 15.2 Å². The van der Waals surface area contributed by atoms with E-state index in [0.29, 0.717) is 23.7 Å². The molecule has 0 aliphatic carbocycles. The number of nitrogens with one attached hydrogen (secondary N) is 1. The lowest BCUT2D eigenvalue weighted by molar-refractivity contribution is 0.0505. The van der Waals surface area contributed by atoms with Crippen molar-refractivity contribution < 1.29 is 27.1 Å². The zero-order chi connectivity index (χ0) is 30.0. The maximum Gasteiger partial charge on any atom is 0.259 e. The Morgan fingerprint density at radius 2 is 1.95 bits per heavy atom. The number of amides is 1. The molecule has 1 atom stereocenters. The molecule has 1 N–H and O–H groups in total. The molecule has 220 valence electrons. The molecule has 2 aromatic carbocycles. The molecule has 14 heteroatoms. The van der Waals surface area contributed by atoms with Gasteiger partial charge in [0.05, 0.1) is 34.3 Å². The van der Waals surface area contributed by atoms with Gasteiger partial charge in [0.25, 0.3) is 5.91 Å². The van der Waals surface area contributed by atoms with Crippen LogP contribution in [0, 0.1) is 19.7 Å². The lowest BCUT2D eigenvalue weighted by Gasteiger charge is -2.16. The first-order valence-corrected chi connectivity index (χ1v) is 15.5. The molecule has 1 aliphatic heterocycles. The summed E-state index contributed by atoms with van der Waals surface area (Å²) in [5.41, 5.74) is 1.94. The molecule has 1 aliphatic rings. The predicted octanol–water partition coefficient (Wildman–Crippen LogP) is 5.25. The Kier molecular flexibility index (Phi) is 8.85. The lowest BCUT2D eigenvalue weighted by atomic mass is 9.98. The van der Waals surface area contributed by atoms with E-state index in [-0.39, 0.29) is 56.7 Å². The summed E-state index contributed by atoms with van der Waals surface area (Å²) in [7, 11) is -2.21. The highest BCUT2D eigenvalue weighted by Gasteiger charge is 2.33. The number of anilines is 1. The number of aromatic nitrogens is 3. The Labute approximate surface area is 251 Å². The van der Waals surface area contributed by atoms with Gasteiger partial charge in [-0.25, -0.2) is 12.8 Å². The van der Waals surface area contributed by atoms with Crippen LogP contribution in [0.3, 0.4) is 0 Å². The average molecular weight is 632 g/mol. The van der Waals surface area contributed by atoms with Crippen molar-refractivity contribution in [3.8, 4) is 16.9 Å². The number of benzene rings is 2. The second kappa shape index (κ2) is 12.4. The monoisotopic (exact) mass is 631 g/mol. The third kappa shape index (κ3) is 6.30. The number of nitrogens with zero attached hydrogens (tertiary/aromatic N) is 4. The highest BCUT2D eigenvalue weighted by atomic mass is 35.5. The Hall–Kier alpha value is -3.49. The molecule has 3 heterocycles. The first-order chi connectivity index (χ1) is 20.1. The number of methoxy groups -OCH3 is 1. The third-order valence-electron chi connectivity index (χ3n) is 6.73. The van der Waals surface area contributed by atoms with Crippen LogP contribution < -0.4 is 10.1 Å². The van der Waals surface area contributed by atoms with Crippen LogP contribution in [0.15, 0.2) is 53.6 Å². The number of hydrogen-bond acceptors (Lipinski definition) is 9. The average Bonchev–Trinajstić information content (AvgIpc) is 3.63. The topological polar surface area (TPSA) is 124 Å². The fourth-order valence-corrected chi connectivity index (χ4v) is 6.83. The van der Waals surface area contributed by atoms with Gasteiger partial charge in [-0.1, -0.05) is 40.6 Å². The van der Waals surface area contributed by atoms with Crippen LogP contribution >= 0.6 is 22.9 Å². The third-order valence-corrected chi connectivity index (χ3v) is 9.71. The summed E-state index contributed by atoms with van der Waals surface area (Å²) in [6.07, 6.45) is 1.58. The molecule has 0 bridgehead atoms. The van der Waals surface area contributed by atoms with Crippen LogP contribution in [0.25, 0.3) is 11.1 Å². The molecule has 10 nitrogen and oxygen atoms in total. The molecule has 0 radical (unpaired) electrons. The lowest BCUT2D eigenvalue weighted by Crippen LogP contribution is -2.30. The number of carbonyl (C=O) groups is 1. The van der Waals surface area contributed by atoms with Crippen molar-refractivity contribution in [2.75, 3.05) is 25.5 Å². The number of aryl methyl sites for hydroxylation is 2. The first kappa shape index (κ1) is 30.0. The number of rotatable bonds is 9. The standard InChI is InChI=1S/C28H27ClFN5O5S2/c1-16-4-6-19(7-5-16)42(37,38)35-11-10-18(14-35)40-15-24-33-34-28(41-24)32-27(36)21-13-31-17(2)12-20(21)25-23(39-3)9-8-22(29)26(25)30/h4-9,12-13,18H,10-11,14-15H2,1-3H3,(H,32,34,36)/t18-/m0/s1. The number of halogens is 2. The predicted molar refractivity (Wildman–Crippen MR) is 157 cm³/mol. The van der Waals surface area contributed by atoms with Crippen molar-refractivity contribution in [1.82, 2.24) is 19.5 Å². The quantitative estimate of drug-likeness (QED) is 0.266. The van der Waals surface area contributed by atoms with Gasteiger partial charge >= 0.3 is 0 Å². The van der Waals surface area contributed by atoms with Gasteiger partial charge in [-0.2, -0.15) is 4.31 Å². The van der Waals surface area contributed by atoms with E-state index in [4.69, 9.17) is 21.1 Å². The van der Waals surface area contributed by atoms with E-state index in [0.717, 1.165) is 16.9 Å². The molecule has 5 rings (SSSR count). The molecule has 0 unspecified atom stereocenters. The molecular weight excluding hydrogens is 605 g/mol. The molecule has 1 fully saturated rings. The van der Waals surface area contributed by atoms with E-state index >= 15 is 4.39 Å². The van der Waals surface area contributed by atoms with Crippen molar-refractivity contribution in [3.63, 3.8) is 0 Å². The van der Waals surface area contributed by atoms with Crippen molar-refractivity contribution in [2.24, 2.45) is 0 Å². The van der Waals surface area contributed by atoms with E-state index < -0.39 is 21.7 Å². The van der Waals surface area contributed by atoms with Gasteiger partial charge in [-0.05, 0) is 50.6 Å². The maximum absolute atomic E-state index is 15.1. The Bertz CT molecular complexity index is 1730. The summed E-state index contributed by atoms with van der Waals surface area (Å²) in [6.45, 7) is 4.29. The molecule has 2 aromatic heterocycles. The van der Waals surface area contributed by atoms with Crippen molar-refractivity contribution in [3.05, 3.63) is 81.3 Å². The van der Waals surface area contributed by atoms with Crippen LogP contribution in [0.1, 0.15) is 33.0 Å². The molecule has 4 aromatic rings. The van der Waals surface area contributed by atoms with E-state index in [2.05, 4.69) is 20.5 Å². The van der Waals surface area contributed by atoms with Crippen molar-refractivity contribution >= 4 is 44.0 Å². The minimum atomic E-state index is -3.61. The number of pyridine rings is 1. The van der Waals surface area contributed by atoms with Crippen LogP contribution in [0.4, 0.5) is 9.52 Å². The number of sulfonamides is 1. The Morgan fingerprint density at radius 3 is 2.69 bits per heavy atom. The highest BCUT2D eigenvalue weighted by Crippen LogP contribution is 2.38. The van der Waals surface area contributed by atoms with Crippen LogP contribution in [0.5, 0.6) is 5.75 Å². The van der Waals surface area contributed by atoms with E-state index in [1.54, 1.807) is 37.3 Å². The SMILES string of the molecule is COc1ccc(Cl)c(F)c1-c1cc(C)ncc1C(=O)Nc1nnc(CO[C@H]2CCN(S(=O)(=O)c3ccc(C)cc3)C2)s1. The summed E-state index contributed by atoms with van der Waals surface area (Å²) in [5.74, 6) is -1.08. The molecule has 0 saturated carbocycles. The molecule has 1 saturated heterocycles. The van der Waals surface area contributed by atoms with Crippen LogP contribution in [-0.2, 0) is 21.4 Å². The normalized spacial score (nSPS) is 15.6. The van der Waals surface area contributed by atoms with Gasteiger partial charge in [0.1, 0.15) is 17.4 Å². The van der Waals surface area contributed by atoms with E-state index in [9.17, 15) is 13.2 Å². The largest absolute Gasteiger partial charge is 0.496 e. The highest BCUT2D eigenvalue weighted by molar-refractivity contribution is 7.89. The van der Waals surface area contributed by atoms with Gasteiger partial charge in [0, 0.05) is 30.5 Å². The van der Waals surface area contributed by atoms with E-state index in [1.807, 2.05) is 6.92 Å².